The molecule has 0 fully saturated rings. The van der Waals surface area contributed by atoms with Crippen molar-refractivity contribution in [3.8, 4) is 22.5 Å². The maximum atomic E-state index is 13.3. The van der Waals surface area contributed by atoms with E-state index in [4.69, 9.17) is 0 Å². The lowest BCUT2D eigenvalue weighted by Gasteiger charge is -2.08. The first kappa shape index (κ1) is 17.5. The van der Waals surface area contributed by atoms with Crippen molar-refractivity contribution < 1.29 is 4.39 Å². The summed E-state index contributed by atoms with van der Waals surface area (Å²) in [5, 5.41) is 4.21. The molecule has 0 atom stereocenters. The Kier molecular flexibility index (Phi) is 5.11. The van der Waals surface area contributed by atoms with Crippen molar-refractivity contribution in [1.29, 1.82) is 0 Å². The van der Waals surface area contributed by atoms with Crippen LogP contribution in [0.3, 0.4) is 0 Å². The third-order valence-electron chi connectivity index (χ3n) is 4.02. The van der Waals surface area contributed by atoms with Crippen LogP contribution in [0.4, 0.5) is 10.3 Å². The van der Waals surface area contributed by atoms with Crippen LogP contribution in [0.1, 0.15) is 5.56 Å². The number of halogens is 1. The number of hydrogen-bond donors (Lipinski definition) is 1. The average molecular weight is 369 g/mol. The molecule has 0 aliphatic heterocycles. The highest BCUT2D eigenvalue weighted by atomic mass is 19.1. The van der Waals surface area contributed by atoms with Crippen LogP contribution >= 0.6 is 0 Å². The summed E-state index contributed by atoms with van der Waals surface area (Å²) in [4.78, 5) is 13.0. The van der Waals surface area contributed by atoms with Crippen molar-refractivity contribution in [3.63, 3.8) is 0 Å². The van der Waals surface area contributed by atoms with Gasteiger partial charge in [-0.3, -0.25) is 4.98 Å². The highest BCUT2D eigenvalue weighted by Gasteiger charge is 2.08. The molecule has 2 aromatic heterocycles. The highest BCUT2D eigenvalue weighted by molar-refractivity contribution is 5.79. The predicted octanol–water partition coefficient (Wildman–Crippen LogP) is 4.79. The molecule has 2 aromatic carbocycles. The van der Waals surface area contributed by atoms with Gasteiger partial charge in [-0.25, -0.2) is 19.8 Å². The molecule has 6 heteroatoms. The molecule has 0 unspecified atom stereocenters. The molecular formula is C22H16FN5. The number of aromatic nitrogens is 3. The predicted molar refractivity (Wildman–Crippen MR) is 108 cm³/mol. The average Bonchev–Trinajstić information content (AvgIpc) is 2.75. The fourth-order valence-electron chi connectivity index (χ4n) is 2.64. The summed E-state index contributed by atoms with van der Waals surface area (Å²) < 4.78 is 13.3. The Bertz CT molecular complexity index is 1080. The fraction of sp³-hybridized carbons (Fsp3) is 0. The monoisotopic (exact) mass is 369 g/mol. The molecule has 28 heavy (non-hydrogen) atoms. The Balaban J connectivity index is 1.69. The highest BCUT2D eigenvalue weighted by Crippen LogP contribution is 2.25. The number of nitrogens with zero attached hydrogens (tertiary/aromatic N) is 4. The summed E-state index contributed by atoms with van der Waals surface area (Å²) in [6.07, 6.45) is 5.05. The van der Waals surface area contributed by atoms with E-state index in [1.165, 1.54) is 12.1 Å². The van der Waals surface area contributed by atoms with Crippen LogP contribution in [0.2, 0.25) is 0 Å². The van der Waals surface area contributed by atoms with Gasteiger partial charge in [0.15, 0.2) is 0 Å². The van der Waals surface area contributed by atoms with Gasteiger partial charge < -0.3 is 0 Å². The molecule has 4 aromatic rings. The van der Waals surface area contributed by atoms with Crippen LogP contribution in [0, 0.1) is 5.82 Å². The second-order valence-corrected chi connectivity index (χ2v) is 5.99. The van der Waals surface area contributed by atoms with Crippen molar-refractivity contribution in [2.24, 2.45) is 5.10 Å². The standard InChI is InChI=1S/C22H16FN5/c23-19-8-6-18(7-9-19)21-14-20(17-4-2-1-3-5-17)26-22(27-21)28-25-15-16-10-12-24-13-11-16/h1-15H,(H,26,27,28). The zero-order valence-electron chi connectivity index (χ0n) is 14.8. The number of nitrogens with one attached hydrogen (secondary N) is 1. The van der Waals surface area contributed by atoms with Crippen LogP contribution in [0.25, 0.3) is 22.5 Å². The molecule has 0 amide bonds. The largest absolute Gasteiger partial charge is 0.265 e. The van der Waals surface area contributed by atoms with Crippen LogP contribution in [0.5, 0.6) is 0 Å². The van der Waals surface area contributed by atoms with Crippen molar-refractivity contribution in [1.82, 2.24) is 15.0 Å². The van der Waals surface area contributed by atoms with Gasteiger partial charge in [-0.15, -0.1) is 0 Å². The van der Waals surface area contributed by atoms with Gasteiger partial charge in [0.1, 0.15) is 5.82 Å². The molecule has 4 rings (SSSR count). The number of hydrazone groups is 1. The van der Waals surface area contributed by atoms with E-state index in [0.717, 1.165) is 22.4 Å². The van der Waals surface area contributed by atoms with E-state index in [1.54, 1.807) is 30.7 Å². The van der Waals surface area contributed by atoms with Gasteiger partial charge in [0.2, 0.25) is 5.95 Å². The maximum absolute atomic E-state index is 13.3. The topological polar surface area (TPSA) is 63.1 Å². The van der Waals surface area contributed by atoms with Gasteiger partial charge >= 0.3 is 0 Å². The van der Waals surface area contributed by atoms with E-state index in [1.807, 2.05) is 48.5 Å². The second-order valence-electron chi connectivity index (χ2n) is 5.99. The lowest BCUT2D eigenvalue weighted by atomic mass is 10.1. The first-order valence-corrected chi connectivity index (χ1v) is 8.67. The van der Waals surface area contributed by atoms with Gasteiger partial charge in [0, 0.05) is 23.5 Å². The Labute approximate surface area is 161 Å². The fourth-order valence-corrected chi connectivity index (χ4v) is 2.64. The molecule has 0 radical (unpaired) electrons. The van der Waals surface area contributed by atoms with E-state index in [-0.39, 0.29) is 5.82 Å². The summed E-state index contributed by atoms with van der Waals surface area (Å²) in [6, 6.07) is 21.6. The molecule has 2 heterocycles. The van der Waals surface area contributed by atoms with Crippen molar-refractivity contribution >= 4 is 12.2 Å². The SMILES string of the molecule is Fc1ccc(-c2cc(-c3ccccc3)nc(NN=Cc3ccncc3)n2)cc1. The normalized spacial score (nSPS) is 10.9. The van der Waals surface area contributed by atoms with Gasteiger partial charge in [0.05, 0.1) is 17.6 Å². The number of benzene rings is 2. The van der Waals surface area contributed by atoms with Crippen LogP contribution in [0.15, 0.2) is 90.3 Å². The summed E-state index contributed by atoms with van der Waals surface area (Å²) in [6.45, 7) is 0. The molecule has 0 aliphatic carbocycles. The minimum absolute atomic E-state index is 0.290. The zero-order valence-corrected chi connectivity index (χ0v) is 14.8. The van der Waals surface area contributed by atoms with Crippen molar-refractivity contribution in [3.05, 3.63) is 96.6 Å². The minimum atomic E-state index is -0.290. The zero-order chi connectivity index (χ0) is 19.2. The van der Waals surface area contributed by atoms with Gasteiger partial charge in [0.25, 0.3) is 0 Å². The van der Waals surface area contributed by atoms with E-state index in [2.05, 4.69) is 25.5 Å². The van der Waals surface area contributed by atoms with Crippen LogP contribution in [-0.4, -0.2) is 21.2 Å². The molecule has 0 saturated carbocycles. The van der Waals surface area contributed by atoms with Gasteiger partial charge in [-0.2, -0.15) is 5.10 Å². The Morgan fingerprint density at radius 3 is 2.11 bits per heavy atom. The molecule has 0 aliphatic rings. The summed E-state index contributed by atoms with van der Waals surface area (Å²) in [5.41, 5.74) is 6.95. The molecule has 0 bridgehead atoms. The van der Waals surface area contributed by atoms with Crippen LogP contribution < -0.4 is 5.43 Å². The van der Waals surface area contributed by atoms with E-state index in [0.29, 0.717) is 11.6 Å². The molecule has 0 saturated heterocycles. The maximum Gasteiger partial charge on any atom is 0.244 e. The van der Waals surface area contributed by atoms with E-state index < -0.39 is 0 Å². The molecule has 1 N–H and O–H groups in total. The molecular weight excluding hydrogens is 353 g/mol. The Hall–Kier alpha value is -3.93. The summed E-state index contributed by atoms with van der Waals surface area (Å²) in [7, 11) is 0. The molecule has 136 valence electrons. The third-order valence-corrected chi connectivity index (χ3v) is 4.02. The third kappa shape index (κ3) is 4.24. The number of rotatable bonds is 5. The van der Waals surface area contributed by atoms with Crippen LogP contribution in [-0.2, 0) is 0 Å². The van der Waals surface area contributed by atoms with Crippen molar-refractivity contribution in [2.45, 2.75) is 0 Å². The number of anilines is 1. The second kappa shape index (κ2) is 8.18. The van der Waals surface area contributed by atoms with E-state index in [9.17, 15) is 4.39 Å². The minimum Gasteiger partial charge on any atom is -0.265 e. The number of hydrogen-bond acceptors (Lipinski definition) is 5. The van der Waals surface area contributed by atoms with E-state index >= 15 is 0 Å². The lowest BCUT2D eigenvalue weighted by Crippen LogP contribution is -2.00. The summed E-state index contributed by atoms with van der Waals surface area (Å²) in [5.74, 6) is 0.0624. The Morgan fingerprint density at radius 2 is 1.43 bits per heavy atom. The van der Waals surface area contributed by atoms with Gasteiger partial charge in [-0.05, 0) is 48.0 Å². The molecule has 5 nitrogen and oxygen atoms in total. The lowest BCUT2D eigenvalue weighted by molar-refractivity contribution is 0.628. The summed E-state index contributed by atoms with van der Waals surface area (Å²) >= 11 is 0. The Morgan fingerprint density at radius 1 is 0.786 bits per heavy atom. The smallest absolute Gasteiger partial charge is 0.244 e. The van der Waals surface area contributed by atoms with Crippen molar-refractivity contribution in [2.75, 3.05) is 5.43 Å². The first-order chi connectivity index (χ1) is 13.8. The van der Waals surface area contributed by atoms with Gasteiger partial charge in [-0.1, -0.05) is 30.3 Å². The first-order valence-electron chi connectivity index (χ1n) is 8.67. The quantitative estimate of drug-likeness (QED) is 0.406. The molecule has 0 spiro atoms. The number of pyridine rings is 1.